The van der Waals surface area contributed by atoms with Crippen LogP contribution in [-0.2, 0) is 12.8 Å². The Morgan fingerprint density at radius 3 is 2.71 bits per heavy atom. The molecule has 0 unspecified atom stereocenters. The van der Waals surface area contributed by atoms with Crippen molar-refractivity contribution >= 4 is 17.6 Å². The van der Waals surface area contributed by atoms with Crippen LogP contribution in [-0.4, -0.2) is 27.0 Å². The van der Waals surface area contributed by atoms with Crippen LogP contribution >= 0.6 is 11.8 Å². The number of hydrogen-bond donors (Lipinski definition) is 2. The summed E-state index contributed by atoms with van der Waals surface area (Å²) in [5.74, 6) is 1.52. The third kappa shape index (κ3) is 4.29. The molecule has 0 aliphatic rings. The highest BCUT2D eigenvalue weighted by Gasteiger charge is 2.08. The first-order chi connectivity index (χ1) is 10.1. The van der Waals surface area contributed by atoms with Crippen molar-refractivity contribution in [2.24, 2.45) is 0 Å². The maximum atomic E-state index is 11.7. The van der Waals surface area contributed by atoms with E-state index in [2.05, 4.69) is 32.2 Å². The molecule has 0 fully saturated rings. The van der Waals surface area contributed by atoms with Gasteiger partial charge in [-0.2, -0.15) is 0 Å². The maximum Gasteiger partial charge on any atom is 0.251 e. The lowest BCUT2D eigenvalue weighted by atomic mass is 10.2. The summed E-state index contributed by atoms with van der Waals surface area (Å²) >= 11 is 1.34. The van der Waals surface area contributed by atoms with Crippen molar-refractivity contribution in [3.05, 3.63) is 34.0 Å². The first-order valence-electron chi connectivity index (χ1n) is 6.98. The zero-order valence-electron chi connectivity index (χ0n) is 12.4. The number of aromatic amines is 1. The molecule has 0 aromatic carbocycles. The van der Waals surface area contributed by atoms with Gasteiger partial charge in [0.25, 0.3) is 5.56 Å². The van der Waals surface area contributed by atoms with E-state index in [-0.39, 0.29) is 5.56 Å². The molecule has 112 valence electrons. The van der Waals surface area contributed by atoms with Crippen LogP contribution in [0.4, 0.5) is 5.82 Å². The number of nitrogens with one attached hydrogen (secondary N) is 2. The van der Waals surface area contributed by atoms with Gasteiger partial charge in [0.1, 0.15) is 16.7 Å². The Labute approximate surface area is 127 Å². The van der Waals surface area contributed by atoms with E-state index in [1.165, 1.54) is 11.8 Å². The van der Waals surface area contributed by atoms with Gasteiger partial charge >= 0.3 is 0 Å². The SMILES string of the molecule is CCCc1cc(=O)[nH]c(Sc2cc(NC)nc(CC)n2)n1. The van der Waals surface area contributed by atoms with E-state index in [1.807, 2.05) is 20.0 Å². The van der Waals surface area contributed by atoms with Crippen LogP contribution in [0.1, 0.15) is 31.8 Å². The van der Waals surface area contributed by atoms with Gasteiger partial charge in [0, 0.05) is 31.3 Å². The van der Waals surface area contributed by atoms with E-state index in [9.17, 15) is 4.79 Å². The number of anilines is 1. The van der Waals surface area contributed by atoms with E-state index in [1.54, 1.807) is 6.07 Å². The molecule has 2 N–H and O–H groups in total. The molecular weight excluding hydrogens is 286 g/mol. The molecule has 0 bridgehead atoms. The van der Waals surface area contributed by atoms with E-state index < -0.39 is 0 Å². The second-order valence-corrected chi connectivity index (χ2v) is 5.51. The number of nitrogens with zero attached hydrogens (tertiary/aromatic N) is 3. The van der Waals surface area contributed by atoms with Crippen LogP contribution in [0.15, 0.2) is 27.1 Å². The van der Waals surface area contributed by atoms with Crippen LogP contribution in [0, 0.1) is 0 Å². The minimum absolute atomic E-state index is 0.130. The smallest absolute Gasteiger partial charge is 0.251 e. The van der Waals surface area contributed by atoms with Crippen molar-refractivity contribution in [1.82, 2.24) is 19.9 Å². The Morgan fingerprint density at radius 1 is 1.24 bits per heavy atom. The van der Waals surface area contributed by atoms with E-state index in [0.29, 0.717) is 5.16 Å². The summed E-state index contributed by atoms with van der Waals surface area (Å²) in [4.78, 5) is 27.7. The van der Waals surface area contributed by atoms with Crippen LogP contribution in [0.25, 0.3) is 0 Å². The molecule has 0 amide bonds. The zero-order chi connectivity index (χ0) is 15.2. The van der Waals surface area contributed by atoms with Gasteiger partial charge in [-0.1, -0.05) is 20.3 Å². The van der Waals surface area contributed by atoms with Gasteiger partial charge < -0.3 is 10.3 Å². The van der Waals surface area contributed by atoms with Gasteiger partial charge in [-0.3, -0.25) is 4.79 Å². The van der Waals surface area contributed by atoms with Crippen molar-refractivity contribution in [3.8, 4) is 0 Å². The Kier molecular flexibility index (Phi) is 5.32. The van der Waals surface area contributed by atoms with Gasteiger partial charge in [0.2, 0.25) is 0 Å². The molecule has 7 heteroatoms. The molecule has 0 spiro atoms. The second-order valence-electron chi connectivity index (χ2n) is 4.51. The van der Waals surface area contributed by atoms with Gasteiger partial charge in [0.15, 0.2) is 5.16 Å². The average molecular weight is 305 g/mol. The van der Waals surface area contributed by atoms with Crippen LogP contribution in [0.5, 0.6) is 0 Å². The minimum atomic E-state index is -0.130. The highest BCUT2D eigenvalue weighted by Crippen LogP contribution is 2.24. The van der Waals surface area contributed by atoms with E-state index in [0.717, 1.165) is 41.6 Å². The predicted octanol–water partition coefficient (Wildman–Crippen LogP) is 2.27. The molecule has 21 heavy (non-hydrogen) atoms. The molecule has 6 nitrogen and oxygen atoms in total. The summed E-state index contributed by atoms with van der Waals surface area (Å²) in [6.45, 7) is 4.07. The topological polar surface area (TPSA) is 83.6 Å². The fourth-order valence-corrected chi connectivity index (χ4v) is 2.66. The molecule has 2 heterocycles. The standard InChI is InChI=1S/C14H19N5OS/c1-4-6-9-7-12(20)19-14(16-9)21-13-8-11(15-3)17-10(5-2)18-13/h7-8H,4-6H2,1-3H3,(H,15,17,18)(H,16,19,20). The third-order valence-corrected chi connectivity index (χ3v) is 3.61. The lowest BCUT2D eigenvalue weighted by Crippen LogP contribution is -2.10. The summed E-state index contributed by atoms with van der Waals surface area (Å²) in [7, 11) is 1.82. The van der Waals surface area contributed by atoms with Crippen molar-refractivity contribution in [2.45, 2.75) is 43.3 Å². The summed E-state index contributed by atoms with van der Waals surface area (Å²) < 4.78 is 0. The molecule has 2 aromatic heterocycles. The van der Waals surface area contributed by atoms with Gasteiger partial charge in [-0.25, -0.2) is 15.0 Å². The summed E-state index contributed by atoms with van der Waals surface area (Å²) in [6.07, 6.45) is 2.50. The van der Waals surface area contributed by atoms with Crippen LogP contribution in [0.3, 0.4) is 0 Å². The number of aromatic nitrogens is 4. The molecular formula is C14H19N5OS. The summed E-state index contributed by atoms with van der Waals surface area (Å²) in [5.41, 5.74) is 0.678. The Morgan fingerprint density at radius 2 is 2.05 bits per heavy atom. The van der Waals surface area contributed by atoms with Gasteiger partial charge in [-0.15, -0.1) is 0 Å². The quantitative estimate of drug-likeness (QED) is 0.629. The summed E-state index contributed by atoms with van der Waals surface area (Å²) in [6, 6.07) is 3.39. The van der Waals surface area contributed by atoms with Crippen LogP contribution < -0.4 is 10.9 Å². The fourth-order valence-electron chi connectivity index (χ4n) is 1.83. The minimum Gasteiger partial charge on any atom is -0.373 e. The van der Waals surface area contributed by atoms with Gasteiger partial charge in [0.05, 0.1) is 0 Å². The molecule has 2 aromatic rings. The van der Waals surface area contributed by atoms with Gasteiger partial charge in [-0.05, 0) is 18.2 Å². The Bertz CT molecular complexity index is 648. The molecule has 0 radical (unpaired) electrons. The van der Waals surface area contributed by atoms with Crippen LogP contribution in [0.2, 0.25) is 0 Å². The normalized spacial score (nSPS) is 10.6. The lowest BCUT2D eigenvalue weighted by molar-refractivity contribution is 0.813. The molecule has 0 atom stereocenters. The highest BCUT2D eigenvalue weighted by atomic mass is 32.2. The van der Waals surface area contributed by atoms with Crippen molar-refractivity contribution in [2.75, 3.05) is 12.4 Å². The first-order valence-corrected chi connectivity index (χ1v) is 7.80. The number of rotatable bonds is 6. The second kappa shape index (κ2) is 7.21. The Balaban J connectivity index is 2.31. The molecule has 2 rings (SSSR count). The maximum absolute atomic E-state index is 11.7. The number of hydrogen-bond acceptors (Lipinski definition) is 6. The predicted molar refractivity (Wildman–Crippen MR) is 83.9 cm³/mol. The van der Waals surface area contributed by atoms with Crippen molar-refractivity contribution in [1.29, 1.82) is 0 Å². The monoisotopic (exact) mass is 305 g/mol. The fraction of sp³-hybridized carbons (Fsp3) is 0.429. The first kappa shape index (κ1) is 15.5. The summed E-state index contributed by atoms with van der Waals surface area (Å²) in [5, 5.41) is 4.34. The van der Waals surface area contributed by atoms with E-state index >= 15 is 0 Å². The Hall–Kier alpha value is -1.89. The molecule has 0 saturated carbocycles. The lowest BCUT2D eigenvalue weighted by Gasteiger charge is -2.06. The largest absolute Gasteiger partial charge is 0.373 e. The number of aryl methyl sites for hydroxylation is 2. The van der Waals surface area contributed by atoms with E-state index in [4.69, 9.17) is 0 Å². The molecule has 0 aliphatic carbocycles. The third-order valence-electron chi connectivity index (χ3n) is 2.80. The number of H-pyrrole nitrogens is 1. The van der Waals surface area contributed by atoms with Crippen molar-refractivity contribution < 1.29 is 0 Å². The molecule has 0 aliphatic heterocycles. The highest BCUT2D eigenvalue weighted by molar-refractivity contribution is 7.99. The molecule has 0 saturated heterocycles. The van der Waals surface area contributed by atoms with Crippen molar-refractivity contribution in [3.63, 3.8) is 0 Å². The zero-order valence-corrected chi connectivity index (χ0v) is 13.3. The average Bonchev–Trinajstić information content (AvgIpc) is 2.46.